The Kier molecular flexibility index (Phi) is 8.55. The van der Waals surface area contributed by atoms with E-state index in [2.05, 4.69) is 20.6 Å². The molecule has 1 amide bonds. The predicted molar refractivity (Wildman–Crippen MR) is 151 cm³/mol. The Hall–Kier alpha value is -4.62. The Balaban J connectivity index is 1.36. The smallest absolute Gasteiger partial charge is 0.366 e. The largest absolute Gasteiger partial charge is 0.416 e. The minimum Gasteiger partial charge on any atom is -0.366 e. The summed E-state index contributed by atoms with van der Waals surface area (Å²) in [5.41, 5.74) is 1.45. The fraction of sp³-hybridized carbons (Fsp3) is 0.167. The van der Waals surface area contributed by atoms with Crippen LogP contribution in [0.4, 0.5) is 23.4 Å². The van der Waals surface area contributed by atoms with Crippen molar-refractivity contribution in [2.24, 2.45) is 0 Å². The minimum absolute atomic E-state index is 0.0225. The van der Waals surface area contributed by atoms with Gasteiger partial charge in [0.05, 0.1) is 16.2 Å². The lowest BCUT2D eigenvalue weighted by molar-refractivity contribution is -0.137. The van der Waals surface area contributed by atoms with Crippen molar-refractivity contribution in [2.45, 2.75) is 30.2 Å². The monoisotopic (exact) mass is 611 g/mol. The fourth-order valence-corrected chi connectivity index (χ4v) is 5.96. The van der Waals surface area contributed by atoms with Gasteiger partial charge in [0, 0.05) is 37.6 Å². The van der Waals surface area contributed by atoms with Crippen LogP contribution in [0.25, 0.3) is 11.3 Å². The van der Waals surface area contributed by atoms with Crippen LogP contribution >= 0.6 is 0 Å². The summed E-state index contributed by atoms with van der Waals surface area (Å²) in [6.45, 7) is 0.311. The molecule has 2 aromatic carbocycles. The highest BCUT2D eigenvalue weighted by molar-refractivity contribution is 7.89. The lowest BCUT2D eigenvalue weighted by Gasteiger charge is -2.23. The van der Waals surface area contributed by atoms with Crippen LogP contribution in [-0.4, -0.2) is 41.2 Å². The number of halogens is 4. The SMILES string of the molecule is O=C(NCc1cc(NCc2cccnc2)nc(-c2ccc(C(F)(F)F)cc2)c1)C1C=CCN1S(=O)(=O)c1ccc(F)cc1. The summed E-state index contributed by atoms with van der Waals surface area (Å²) in [6, 6.07) is 14.7. The molecule has 0 spiro atoms. The molecule has 13 heteroatoms. The molecule has 0 saturated heterocycles. The maximum atomic E-state index is 13.3. The highest BCUT2D eigenvalue weighted by atomic mass is 32.2. The number of pyridine rings is 2. The number of hydrogen-bond acceptors (Lipinski definition) is 6. The highest BCUT2D eigenvalue weighted by Crippen LogP contribution is 2.31. The van der Waals surface area contributed by atoms with Gasteiger partial charge in [-0.3, -0.25) is 9.78 Å². The zero-order valence-electron chi connectivity index (χ0n) is 22.4. The molecule has 4 aromatic rings. The molecule has 5 rings (SSSR count). The Morgan fingerprint density at radius 1 is 0.977 bits per heavy atom. The second kappa shape index (κ2) is 12.3. The molecule has 0 radical (unpaired) electrons. The van der Waals surface area contributed by atoms with E-state index in [0.717, 1.165) is 46.3 Å². The standard InChI is InChI=1S/C30H25F4N5O3S/c31-24-9-11-25(12-10-24)43(41,42)39-14-2-4-27(39)29(40)37-19-21-15-26(22-5-7-23(8-6-22)30(32,33)34)38-28(16-21)36-18-20-3-1-13-35-17-20/h1-13,15-17,27H,14,18-19H2,(H,36,38)(H,37,40). The molecular weight excluding hydrogens is 586 g/mol. The van der Waals surface area contributed by atoms with Gasteiger partial charge >= 0.3 is 6.18 Å². The number of sulfonamides is 1. The molecule has 1 atom stereocenters. The predicted octanol–water partition coefficient (Wildman–Crippen LogP) is 5.16. The molecule has 3 heterocycles. The Labute approximate surface area is 245 Å². The van der Waals surface area contributed by atoms with E-state index in [0.29, 0.717) is 29.2 Å². The number of hydrogen-bond donors (Lipinski definition) is 2. The first-order valence-corrected chi connectivity index (χ1v) is 14.5. The molecule has 0 aliphatic carbocycles. The van der Waals surface area contributed by atoms with Crippen LogP contribution in [0.1, 0.15) is 16.7 Å². The van der Waals surface area contributed by atoms with Gasteiger partial charge in [-0.15, -0.1) is 0 Å². The zero-order chi connectivity index (χ0) is 30.6. The van der Waals surface area contributed by atoms with Crippen molar-refractivity contribution >= 4 is 21.7 Å². The van der Waals surface area contributed by atoms with Gasteiger partial charge in [-0.25, -0.2) is 17.8 Å². The third-order valence-electron chi connectivity index (χ3n) is 6.66. The lowest BCUT2D eigenvalue weighted by Crippen LogP contribution is -2.45. The molecular formula is C30H25F4N5O3S. The van der Waals surface area contributed by atoms with Gasteiger partial charge in [-0.1, -0.05) is 30.4 Å². The van der Waals surface area contributed by atoms with E-state index < -0.39 is 39.5 Å². The maximum absolute atomic E-state index is 13.3. The second-order valence-corrected chi connectivity index (χ2v) is 11.5. The molecule has 0 saturated carbocycles. The van der Waals surface area contributed by atoms with Gasteiger partial charge in [0.2, 0.25) is 15.9 Å². The second-order valence-electron chi connectivity index (χ2n) is 9.66. The molecule has 43 heavy (non-hydrogen) atoms. The van der Waals surface area contributed by atoms with Gasteiger partial charge < -0.3 is 10.6 Å². The van der Waals surface area contributed by atoms with Crippen LogP contribution in [-0.2, 0) is 34.1 Å². The first kappa shape index (κ1) is 29.9. The average Bonchev–Trinajstić information content (AvgIpc) is 3.51. The summed E-state index contributed by atoms with van der Waals surface area (Å²) in [6.07, 6.45) is 1.85. The summed E-state index contributed by atoms with van der Waals surface area (Å²) in [5, 5.41) is 5.91. The van der Waals surface area contributed by atoms with E-state index in [1.165, 1.54) is 18.2 Å². The fourth-order valence-electron chi connectivity index (χ4n) is 4.46. The quantitative estimate of drug-likeness (QED) is 0.200. The summed E-state index contributed by atoms with van der Waals surface area (Å²) in [5.74, 6) is -0.765. The van der Waals surface area contributed by atoms with Gasteiger partial charge in [-0.05, 0) is 65.7 Å². The van der Waals surface area contributed by atoms with E-state index in [-0.39, 0.29) is 18.0 Å². The lowest BCUT2D eigenvalue weighted by atomic mass is 10.1. The van der Waals surface area contributed by atoms with Crippen molar-refractivity contribution < 1.29 is 30.8 Å². The van der Waals surface area contributed by atoms with Crippen LogP contribution < -0.4 is 10.6 Å². The molecule has 2 aromatic heterocycles. The van der Waals surface area contributed by atoms with Crippen molar-refractivity contribution in [1.82, 2.24) is 19.6 Å². The van der Waals surface area contributed by atoms with Crippen LogP contribution in [0.3, 0.4) is 0 Å². The molecule has 1 aliphatic heterocycles. The molecule has 2 N–H and O–H groups in total. The number of alkyl halides is 3. The van der Waals surface area contributed by atoms with E-state index in [9.17, 15) is 30.8 Å². The summed E-state index contributed by atoms with van der Waals surface area (Å²) < 4.78 is 79.9. The molecule has 1 unspecified atom stereocenters. The third kappa shape index (κ3) is 7.07. The van der Waals surface area contributed by atoms with E-state index in [1.807, 2.05) is 6.07 Å². The van der Waals surface area contributed by atoms with Crippen LogP contribution in [0.5, 0.6) is 0 Å². The number of carbonyl (C=O) groups excluding carboxylic acids is 1. The molecule has 0 bridgehead atoms. The Morgan fingerprint density at radius 2 is 1.72 bits per heavy atom. The minimum atomic E-state index is -4.48. The van der Waals surface area contributed by atoms with Crippen molar-refractivity contribution in [2.75, 3.05) is 11.9 Å². The number of anilines is 1. The number of benzene rings is 2. The molecule has 1 aliphatic rings. The highest BCUT2D eigenvalue weighted by Gasteiger charge is 2.36. The average molecular weight is 612 g/mol. The molecule has 222 valence electrons. The molecule has 0 fully saturated rings. The number of nitrogens with one attached hydrogen (secondary N) is 2. The van der Waals surface area contributed by atoms with E-state index in [1.54, 1.807) is 36.7 Å². The first-order chi connectivity index (χ1) is 20.5. The first-order valence-electron chi connectivity index (χ1n) is 13.0. The number of carbonyl (C=O) groups is 1. The van der Waals surface area contributed by atoms with Gasteiger partial charge in [-0.2, -0.15) is 17.5 Å². The van der Waals surface area contributed by atoms with Gasteiger partial charge in [0.25, 0.3) is 0 Å². The number of aromatic nitrogens is 2. The van der Waals surface area contributed by atoms with E-state index in [4.69, 9.17) is 0 Å². The maximum Gasteiger partial charge on any atom is 0.416 e. The van der Waals surface area contributed by atoms with Crippen molar-refractivity contribution in [1.29, 1.82) is 0 Å². The summed E-state index contributed by atoms with van der Waals surface area (Å²) in [7, 11) is -4.09. The van der Waals surface area contributed by atoms with Gasteiger partial charge in [0.15, 0.2) is 0 Å². The van der Waals surface area contributed by atoms with Crippen LogP contribution in [0.2, 0.25) is 0 Å². The Morgan fingerprint density at radius 3 is 2.40 bits per heavy atom. The zero-order valence-corrected chi connectivity index (χ0v) is 23.2. The Bertz CT molecular complexity index is 1730. The topological polar surface area (TPSA) is 104 Å². The summed E-state index contributed by atoms with van der Waals surface area (Å²) in [4.78, 5) is 21.6. The van der Waals surface area contributed by atoms with Gasteiger partial charge in [0.1, 0.15) is 17.7 Å². The van der Waals surface area contributed by atoms with E-state index >= 15 is 0 Å². The van der Waals surface area contributed by atoms with Crippen molar-refractivity contribution in [3.05, 3.63) is 120 Å². The number of rotatable bonds is 9. The number of nitrogens with zero attached hydrogens (tertiary/aromatic N) is 3. The summed E-state index contributed by atoms with van der Waals surface area (Å²) >= 11 is 0. The third-order valence-corrected chi connectivity index (χ3v) is 8.52. The number of amides is 1. The molecule has 8 nitrogen and oxygen atoms in total. The van der Waals surface area contributed by atoms with Crippen LogP contribution in [0, 0.1) is 5.82 Å². The normalized spacial score (nSPS) is 15.4. The van der Waals surface area contributed by atoms with Crippen molar-refractivity contribution in [3.63, 3.8) is 0 Å². The van der Waals surface area contributed by atoms with Crippen molar-refractivity contribution in [3.8, 4) is 11.3 Å². The van der Waals surface area contributed by atoms with Crippen LogP contribution in [0.15, 0.2) is 102 Å².